The minimum absolute atomic E-state index is 0.211. The molecule has 0 saturated carbocycles. The van der Waals surface area contributed by atoms with Crippen molar-refractivity contribution in [3.63, 3.8) is 0 Å². The molecule has 2 aromatic carbocycles. The first kappa shape index (κ1) is 18.4. The van der Waals surface area contributed by atoms with Gasteiger partial charge >= 0.3 is 0 Å². The van der Waals surface area contributed by atoms with Crippen molar-refractivity contribution in [3.05, 3.63) is 89.2 Å². The number of nitrogens with zero attached hydrogens (tertiary/aromatic N) is 2. The number of aromatic hydroxyl groups is 1. The fraction of sp³-hybridized carbons (Fsp3) is 0.0476. The number of phenols is 1. The van der Waals surface area contributed by atoms with Crippen LogP contribution in [0.1, 0.15) is 27.0 Å². The second kappa shape index (κ2) is 8.30. The molecule has 3 rings (SSSR count). The molecule has 3 aromatic rings. The number of aryl methyl sites for hydroxylation is 1. The highest BCUT2D eigenvalue weighted by Gasteiger charge is 2.03. The van der Waals surface area contributed by atoms with E-state index < -0.39 is 16.5 Å². The highest BCUT2D eigenvalue weighted by molar-refractivity contribution is 7.75. The van der Waals surface area contributed by atoms with Crippen LogP contribution in [0.15, 0.2) is 76.2 Å². The van der Waals surface area contributed by atoms with Crippen LogP contribution in [-0.2, 0) is 14.8 Å². The summed E-state index contributed by atoms with van der Waals surface area (Å²) in [4.78, 5) is 16.7. The number of hydrogen-bond donors (Lipinski definition) is 1. The Morgan fingerprint density at radius 1 is 1.04 bits per heavy atom. The Hall–Kier alpha value is -3.43. The molecule has 6 heteroatoms. The summed E-state index contributed by atoms with van der Waals surface area (Å²) in [6, 6.07) is 15.2. The number of hydrogen-bond acceptors (Lipinski definition) is 5. The highest BCUT2D eigenvalue weighted by atomic mass is 32.2. The number of rotatable bonds is 2. The van der Waals surface area contributed by atoms with E-state index in [-0.39, 0.29) is 11.3 Å². The third-order valence-corrected chi connectivity index (χ3v) is 4.65. The van der Waals surface area contributed by atoms with Crippen LogP contribution in [0.5, 0.6) is 5.75 Å². The Balaban J connectivity index is 1.83. The van der Waals surface area contributed by atoms with Crippen molar-refractivity contribution in [2.24, 2.45) is 4.36 Å². The lowest BCUT2D eigenvalue weighted by molar-refractivity contribution is 0.100. The molecular weight excluding hydrogens is 360 g/mol. The molecule has 1 heterocycles. The summed E-state index contributed by atoms with van der Waals surface area (Å²) in [7, 11) is -1.77. The van der Waals surface area contributed by atoms with Crippen LogP contribution >= 0.6 is 0 Å². The molecular formula is C21H15N2O3S-. The Bertz CT molecular complexity index is 1140. The standard InChI is InChI=1S/C21H15N2O3S/c1-15-11-16(9-10-20(15)24)7-8-17-12-18(14-22-13-17)21(25)23-27(26)19-5-3-2-4-6-19/h2-6,9-14,24H,1H3/q-1. The van der Waals surface area contributed by atoms with Crippen molar-refractivity contribution in [3.8, 4) is 17.6 Å². The molecule has 134 valence electrons. The molecule has 0 fully saturated rings. The molecule has 0 aliphatic heterocycles. The van der Waals surface area contributed by atoms with Gasteiger partial charge in [0.25, 0.3) is 5.91 Å². The molecule has 0 saturated heterocycles. The van der Waals surface area contributed by atoms with Crippen molar-refractivity contribution < 1.29 is 14.1 Å². The van der Waals surface area contributed by atoms with E-state index in [1.54, 1.807) is 61.5 Å². The van der Waals surface area contributed by atoms with Crippen LogP contribution in [0, 0.1) is 18.8 Å². The van der Waals surface area contributed by atoms with E-state index in [0.29, 0.717) is 10.5 Å². The average Bonchev–Trinajstić information content (AvgIpc) is 2.69. The zero-order valence-corrected chi connectivity index (χ0v) is 15.2. The lowest BCUT2D eigenvalue weighted by Gasteiger charge is -2.04. The normalized spacial score (nSPS) is 11.4. The summed E-state index contributed by atoms with van der Waals surface area (Å²) >= 11 is 0. The van der Waals surface area contributed by atoms with Crippen molar-refractivity contribution in [1.82, 2.24) is 4.98 Å². The second-order valence-corrected chi connectivity index (χ2v) is 6.82. The highest BCUT2D eigenvalue weighted by Crippen LogP contribution is 2.16. The van der Waals surface area contributed by atoms with Crippen LogP contribution in [-0.4, -0.2) is 16.0 Å². The molecule has 1 amide bonds. The van der Waals surface area contributed by atoms with E-state index in [1.165, 1.54) is 12.4 Å². The van der Waals surface area contributed by atoms with Gasteiger partial charge in [-0.25, -0.2) is 0 Å². The van der Waals surface area contributed by atoms with E-state index in [9.17, 15) is 14.1 Å². The maximum absolute atomic E-state index is 12.3. The number of carbonyl (C=O) groups is 1. The Labute approximate surface area is 158 Å². The van der Waals surface area contributed by atoms with Crippen molar-refractivity contribution in [2.45, 2.75) is 11.8 Å². The summed E-state index contributed by atoms with van der Waals surface area (Å²) in [5, 5.41) is 9.55. The fourth-order valence-corrected chi connectivity index (χ4v) is 2.97. The van der Waals surface area contributed by atoms with Gasteiger partial charge in [-0.1, -0.05) is 47.1 Å². The Morgan fingerprint density at radius 2 is 1.78 bits per heavy atom. The minimum Gasteiger partial charge on any atom is -0.508 e. The number of pyridine rings is 1. The third kappa shape index (κ3) is 4.81. The van der Waals surface area contributed by atoms with Gasteiger partial charge in [0.15, 0.2) is 0 Å². The molecule has 0 aliphatic rings. The second-order valence-electron chi connectivity index (χ2n) is 5.67. The molecule has 1 aromatic heterocycles. The van der Waals surface area contributed by atoms with Gasteiger partial charge in [-0.2, -0.15) is 10.6 Å². The van der Waals surface area contributed by atoms with Gasteiger partial charge in [0.2, 0.25) is 0 Å². The molecule has 0 bridgehead atoms. The van der Waals surface area contributed by atoms with E-state index in [4.69, 9.17) is 0 Å². The fourth-order valence-electron chi connectivity index (χ4n) is 2.22. The minimum atomic E-state index is -1.77. The number of aromatic nitrogens is 1. The number of amides is 1. The topological polar surface area (TPSA) is 79.6 Å². The molecule has 0 radical (unpaired) electrons. The predicted octanol–water partition coefficient (Wildman–Crippen LogP) is 3.84. The molecule has 1 N–H and O–H groups in total. The quantitative estimate of drug-likeness (QED) is 0.545. The van der Waals surface area contributed by atoms with Crippen LogP contribution in [0.4, 0.5) is 0 Å². The van der Waals surface area contributed by atoms with Gasteiger partial charge in [0, 0.05) is 23.5 Å². The molecule has 0 aliphatic carbocycles. The first-order valence-electron chi connectivity index (χ1n) is 8.02. The maximum atomic E-state index is 12.3. The number of carbonyl (C=O) groups excluding carboxylic acids is 1. The Kier molecular flexibility index (Phi) is 5.64. The zero-order chi connectivity index (χ0) is 19.2. The lowest BCUT2D eigenvalue weighted by atomic mass is 10.1. The maximum Gasteiger partial charge on any atom is 0.255 e. The van der Waals surface area contributed by atoms with E-state index in [1.807, 2.05) is 0 Å². The molecule has 0 atom stereocenters. The van der Waals surface area contributed by atoms with Crippen LogP contribution < -0.4 is 0 Å². The summed E-state index contributed by atoms with van der Waals surface area (Å²) < 4.78 is 15.9. The monoisotopic (exact) mass is 375 g/mol. The number of phenolic OH excluding ortho intramolecular Hbond substituents is 1. The van der Waals surface area contributed by atoms with Crippen LogP contribution in [0.25, 0.3) is 0 Å². The largest absolute Gasteiger partial charge is 0.508 e. The Morgan fingerprint density at radius 3 is 2.52 bits per heavy atom. The summed E-state index contributed by atoms with van der Waals surface area (Å²) in [5.41, 5.74) is 2.21. The first-order chi connectivity index (χ1) is 13.0. The SMILES string of the molecule is Cc1cc(C#Cc2cncc(C(=O)N=[S-](=O)c3ccccc3)c2)ccc1O. The predicted molar refractivity (Wildman–Crippen MR) is 103 cm³/mol. The molecule has 27 heavy (non-hydrogen) atoms. The number of benzene rings is 2. The van der Waals surface area contributed by atoms with Crippen LogP contribution in [0.2, 0.25) is 0 Å². The summed E-state index contributed by atoms with van der Waals surface area (Å²) in [6.07, 6.45) is 2.90. The van der Waals surface area contributed by atoms with Crippen molar-refractivity contribution in [2.75, 3.05) is 0 Å². The van der Waals surface area contributed by atoms with E-state index >= 15 is 0 Å². The first-order valence-corrected chi connectivity index (χ1v) is 9.13. The van der Waals surface area contributed by atoms with Gasteiger partial charge in [0.1, 0.15) is 5.75 Å². The van der Waals surface area contributed by atoms with Crippen molar-refractivity contribution >= 4 is 16.5 Å². The van der Waals surface area contributed by atoms with Crippen LogP contribution in [0.3, 0.4) is 0 Å². The molecule has 0 spiro atoms. The summed E-state index contributed by atoms with van der Waals surface area (Å²) in [6.45, 7) is 1.79. The van der Waals surface area contributed by atoms with E-state index in [2.05, 4.69) is 21.2 Å². The van der Waals surface area contributed by atoms with Gasteiger partial charge in [-0.15, -0.1) is 0 Å². The van der Waals surface area contributed by atoms with Gasteiger partial charge in [-0.3, -0.25) is 9.78 Å². The third-order valence-electron chi connectivity index (χ3n) is 3.64. The van der Waals surface area contributed by atoms with E-state index in [0.717, 1.165) is 11.1 Å². The van der Waals surface area contributed by atoms with Gasteiger partial charge in [-0.05, 0) is 36.8 Å². The molecule has 5 nitrogen and oxygen atoms in total. The van der Waals surface area contributed by atoms with Gasteiger partial charge in [0.05, 0.1) is 5.56 Å². The van der Waals surface area contributed by atoms with Crippen molar-refractivity contribution in [1.29, 1.82) is 0 Å². The van der Waals surface area contributed by atoms with Gasteiger partial charge < -0.3 is 13.7 Å². The molecule has 0 unspecified atom stereocenters. The zero-order valence-electron chi connectivity index (χ0n) is 14.4. The smallest absolute Gasteiger partial charge is 0.255 e. The lowest BCUT2D eigenvalue weighted by Crippen LogP contribution is -1.97. The average molecular weight is 375 g/mol. The summed E-state index contributed by atoms with van der Waals surface area (Å²) in [5.74, 6) is 5.48.